The van der Waals surface area contributed by atoms with Crippen molar-refractivity contribution in [3.05, 3.63) is 18.0 Å². The first-order chi connectivity index (χ1) is 13.1. The zero-order valence-corrected chi connectivity index (χ0v) is 17.9. The molecule has 3 N–H and O–H groups in total. The molecule has 1 aromatic rings. The van der Waals surface area contributed by atoms with E-state index in [0.29, 0.717) is 18.8 Å². The van der Waals surface area contributed by atoms with Gasteiger partial charge >= 0.3 is 12.4 Å². The highest BCUT2D eigenvalue weighted by Gasteiger charge is 2.42. The molecule has 1 saturated carbocycles. The maximum Gasteiger partial charge on any atom is 0.433 e. The largest absolute Gasteiger partial charge is 0.433 e. The van der Waals surface area contributed by atoms with Crippen LogP contribution in [-0.4, -0.2) is 48.3 Å². The summed E-state index contributed by atoms with van der Waals surface area (Å²) in [6.07, 6.45) is -6.54. The number of nitrogens with one attached hydrogen (secondary N) is 3. The second-order valence-electron chi connectivity index (χ2n) is 6.44. The van der Waals surface area contributed by atoms with E-state index in [9.17, 15) is 26.3 Å². The van der Waals surface area contributed by atoms with Crippen LogP contribution in [0.5, 0.6) is 0 Å². The van der Waals surface area contributed by atoms with Gasteiger partial charge in [-0.25, -0.2) is 9.97 Å². The predicted molar refractivity (Wildman–Crippen MR) is 107 cm³/mol. The molecule has 2 unspecified atom stereocenters. The molecule has 1 aliphatic rings. The lowest BCUT2D eigenvalue weighted by atomic mass is 9.85. The van der Waals surface area contributed by atoms with Gasteiger partial charge in [0.15, 0.2) is 5.96 Å². The zero-order chi connectivity index (χ0) is 20.8. The van der Waals surface area contributed by atoms with E-state index in [1.165, 1.54) is 7.05 Å². The van der Waals surface area contributed by atoms with Crippen molar-refractivity contribution in [1.29, 1.82) is 0 Å². The van der Waals surface area contributed by atoms with Crippen LogP contribution in [0.4, 0.5) is 32.3 Å². The molecule has 1 fully saturated rings. The minimum Gasteiger partial charge on any atom is -0.355 e. The summed E-state index contributed by atoms with van der Waals surface area (Å²) in [4.78, 5) is 11.1. The average molecular weight is 540 g/mol. The number of hydrogen-bond acceptors (Lipinski definition) is 4. The molecule has 2 atom stereocenters. The molecule has 0 radical (unpaired) electrons. The van der Waals surface area contributed by atoms with Crippen LogP contribution in [0.25, 0.3) is 0 Å². The van der Waals surface area contributed by atoms with Crippen molar-refractivity contribution < 1.29 is 26.3 Å². The normalized spacial score (nSPS) is 20.6. The molecular formula is C16H23F6IN6. The molecule has 0 aromatic carbocycles. The van der Waals surface area contributed by atoms with Crippen molar-refractivity contribution in [2.45, 2.75) is 44.1 Å². The number of rotatable bonds is 5. The smallest absolute Gasteiger partial charge is 0.355 e. The second-order valence-corrected chi connectivity index (χ2v) is 6.44. The molecule has 1 aromatic heterocycles. The summed E-state index contributed by atoms with van der Waals surface area (Å²) in [7, 11) is 1.49. The zero-order valence-electron chi connectivity index (χ0n) is 15.6. The topological polar surface area (TPSA) is 74.2 Å². The molecular weight excluding hydrogens is 517 g/mol. The monoisotopic (exact) mass is 540 g/mol. The molecule has 1 aliphatic carbocycles. The molecule has 1 heterocycles. The minimum absolute atomic E-state index is 0. The van der Waals surface area contributed by atoms with Crippen LogP contribution >= 0.6 is 24.0 Å². The van der Waals surface area contributed by atoms with Crippen LogP contribution < -0.4 is 16.0 Å². The van der Waals surface area contributed by atoms with Crippen molar-refractivity contribution in [3.8, 4) is 0 Å². The Bertz CT molecular complexity index is 666. The molecule has 0 aliphatic heterocycles. The minimum atomic E-state index is -4.56. The van der Waals surface area contributed by atoms with Crippen LogP contribution in [0.3, 0.4) is 0 Å². The van der Waals surface area contributed by atoms with Crippen LogP contribution in [-0.2, 0) is 6.18 Å². The third-order valence-electron chi connectivity index (χ3n) is 4.35. The highest BCUT2D eigenvalue weighted by atomic mass is 127. The van der Waals surface area contributed by atoms with E-state index in [-0.39, 0.29) is 61.9 Å². The van der Waals surface area contributed by atoms with Gasteiger partial charge in [-0.2, -0.15) is 26.3 Å². The number of halogens is 7. The lowest BCUT2D eigenvalue weighted by Crippen LogP contribution is -2.47. The summed E-state index contributed by atoms with van der Waals surface area (Å²) in [6.45, 7) is 0.451. The summed E-state index contributed by atoms with van der Waals surface area (Å²) in [5.74, 6) is -1.16. The number of nitrogens with zero attached hydrogens (tertiary/aromatic N) is 3. The number of hydrogen-bond donors (Lipinski definition) is 3. The van der Waals surface area contributed by atoms with Gasteiger partial charge in [-0.15, -0.1) is 24.0 Å². The van der Waals surface area contributed by atoms with Gasteiger partial charge in [0.1, 0.15) is 5.69 Å². The van der Waals surface area contributed by atoms with Gasteiger partial charge in [-0.3, -0.25) is 4.99 Å². The van der Waals surface area contributed by atoms with Crippen molar-refractivity contribution in [2.75, 3.05) is 25.5 Å². The number of anilines is 1. The van der Waals surface area contributed by atoms with E-state index in [1.54, 1.807) is 0 Å². The highest BCUT2D eigenvalue weighted by molar-refractivity contribution is 14.0. The quantitative estimate of drug-likeness (QED) is 0.174. The standard InChI is InChI=1S/C16H22F6N6.HI/c1-23-13(27-11-4-2-3-10(9-11)15(17,18)19)25-7-8-26-14-24-6-5-12(28-14)16(20,21)22;/h5-6,10-11H,2-4,7-9H2,1H3,(H2,23,25,27)(H,24,26,28);1H. The SMILES string of the molecule is CN=C(NCCNc1nccc(C(F)(F)F)n1)NC1CCCC(C(F)(F)F)C1.I. The Kier molecular flexibility index (Phi) is 9.68. The molecule has 166 valence electrons. The summed E-state index contributed by atoms with van der Waals surface area (Å²) in [6, 6.07) is 0.430. The van der Waals surface area contributed by atoms with E-state index in [0.717, 1.165) is 12.3 Å². The van der Waals surface area contributed by atoms with Crippen molar-refractivity contribution >= 4 is 35.9 Å². The molecule has 0 spiro atoms. The molecule has 0 bridgehead atoms. The third kappa shape index (κ3) is 8.38. The Hall–Kier alpha value is -1.54. The predicted octanol–water partition coefficient (Wildman–Crippen LogP) is 3.81. The van der Waals surface area contributed by atoms with Gasteiger partial charge in [0.05, 0.1) is 5.92 Å². The average Bonchev–Trinajstić information content (AvgIpc) is 2.63. The lowest BCUT2D eigenvalue weighted by Gasteiger charge is -2.31. The molecule has 13 heteroatoms. The van der Waals surface area contributed by atoms with Crippen LogP contribution in [0.2, 0.25) is 0 Å². The van der Waals surface area contributed by atoms with E-state index in [1.807, 2.05) is 0 Å². The number of aliphatic imine (C=N–C) groups is 1. The third-order valence-corrected chi connectivity index (χ3v) is 4.35. The van der Waals surface area contributed by atoms with Crippen molar-refractivity contribution in [1.82, 2.24) is 20.6 Å². The molecule has 29 heavy (non-hydrogen) atoms. The van der Waals surface area contributed by atoms with Gasteiger partial charge in [-0.1, -0.05) is 6.42 Å². The molecule has 0 saturated heterocycles. The second kappa shape index (κ2) is 11.0. The summed E-state index contributed by atoms with van der Waals surface area (Å²) in [5, 5.41) is 8.52. The number of guanidine groups is 1. The Morgan fingerprint density at radius 2 is 1.90 bits per heavy atom. The fraction of sp³-hybridized carbons (Fsp3) is 0.688. The van der Waals surface area contributed by atoms with E-state index >= 15 is 0 Å². The first-order valence-corrected chi connectivity index (χ1v) is 8.77. The van der Waals surface area contributed by atoms with Gasteiger partial charge < -0.3 is 16.0 Å². The highest BCUT2D eigenvalue weighted by Crippen LogP contribution is 2.37. The fourth-order valence-electron chi connectivity index (χ4n) is 2.96. The van der Waals surface area contributed by atoms with Gasteiger partial charge in [0.25, 0.3) is 0 Å². The van der Waals surface area contributed by atoms with E-state index < -0.39 is 24.0 Å². The number of alkyl halides is 6. The van der Waals surface area contributed by atoms with Crippen molar-refractivity contribution in [2.24, 2.45) is 10.9 Å². The van der Waals surface area contributed by atoms with Gasteiger partial charge in [0.2, 0.25) is 5.95 Å². The first kappa shape index (κ1) is 25.5. The Morgan fingerprint density at radius 3 is 2.52 bits per heavy atom. The molecule has 6 nitrogen and oxygen atoms in total. The molecule has 2 rings (SSSR count). The maximum atomic E-state index is 12.9. The van der Waals surface area contributed by atoms with Gasteiger partial charge in [0, 0.05) is 32.4 Å². The van der Waals surface area contributed by atoms with Crippen molar-refractivity contribution in [3.63, 3.8) is 0 Å². The summed E-state index contributed by atoms with van der Waals surface area (Å²) < 4.78 is 76.5. The van der Waals surface area contributed by atoms with Crippen LogP contribution in [0, 0.1) is 5.92 Å². The fourth-order valence-corrected chi connectivity index (χ4v) is 2.96. The van der Waals surface area contributed by atoms with E-state index in [2.05, 4.69) is 30.9 Å². The van der Waals surface area contributed by atoms with E-state index in [4.69, 9.17) is 0 Å². The Morgan fingerprint density at radius 1 is 1.17 bits per heavy atom. The summed E-state index contributed by atoms with van der Waals surface area (Å²) in [5.41, 5.74) is -1.05. The Balaban J connectivity index is 0.00000420. The number of aromatic nitrogens is 2. The molecule has 0 amide bonds. The van der Waals surface area contributed by atoms with Crippen LogP contribution in [0.1, 0.15) is 31.4 Å². The Labute approximate surface area is 181 Å². The van der Waals surface area contributed by atoms with Gasteiger partial charge in [-0.05, 0) is 25.3 Å². The first-order valence-electron chi connectivity index (χ1n) is 8.77. The maximum absolute atomic E-state index is 12.9. The summed E-state index contributed by atoms with van der Waals surface area (Å²) >= 11 is 0. The lowest BCUT2D eigenvalue weighted by molar-refractivity contribution is -0.183. The van der Waals surface area contributed by atoms with Crippen LogP contribution in [0.15, 0.2) is 17.3 Å².